The number of aliphatic carboxylic acids is 1. The van der Waals surface area contributed by atoms with E-state index in [-0.39, 0.29) is 6.42 Å². The van der Waals surface area contributed by atoms with E-state index < -0.39 is 18.0 Å². The lowest BCUT2D eigenvalue weighted by molar-refractivity contribution is -0.871. The van der Waals surface area contributed by atoms with Gasteiger partial charge in [0.1, 0.15) is 5.75 Å². The zero-order chi connectivity index (χ0) is 21.0. The highest BCUT2D eigenvalue weighted by molar-refractivity contribution is 5.89. The highest BCUT2D eigenvalue weighted by Gasteiger charge is 2.20. The van der Waals surface area contributed by atoms with E-state index in [9.17, 15) is 14.7 Å². The van der Waals surface area contributed by atoms with E-state index in [0.717, 1.165) is 12.2 Å². The van der Waals surface area contributed by atoms with Gasteiger partial charge in [0.2, 0.25) is 0 Å². The summed E-state index contributed by atoms with van der Waals surface area (Å²) < 4.78 is 6.24. The second kappa shape index (κ2) is 12.2. The lowest BCUT2D eigenvalue weighted by atomic mass is 10.2. The number of urea groups is 1. The van der Waals surface area contributed by atoms with Crippen molar-refractivity contribution < 1.29 is 23.9 Å². The molecule has 0 saturated carbocycles. The van der Waals surface area contributed by atoms with Crippen LogP contribution in [0.25, 0.3) is 0 Å². The summed E-state index contributed by atoms with van der Waals surface area (Å²) in [5.41, 5.74) is 0.616. The zero-order valence-corrected chi connectivity index (χ0v) is 17.6. The third kappa shape index (κ3) is 11.4. The lowest BCUT2D eigenvalue weighted by Gasteiger charge is -2.30. The van der Waals surface area contributed by atoms with E-state index in [1.807, 2.05) is 33.3 Å². The van der Waals surface area contributed by atoms with Crippen LogP contribution < -0.4 is 20.5 Å². The highest BCUT2D eigenvalue weighted by Crippen LogP contribution is 2.16. The molecule has 0 aliphatic heterocycles. The fourth-order valence-corrected chi connectivity index (χ4v) is 2.91. The molecular weight excluding hydrogens is 358 g/mol. The first-order valence-electron chi connectivity index (χ1n) is 10.0. The molecular formula is C21H35N3O4. The van der Waals surface area contributed by atoms with Crippen LogP contribution in [0.4, 0.5) is 10.5 Å². The van der Waals surface area contributed by atoms with Crippen LogP contribution in [-0.4, -0.2) is 56.8 Å². The van der Waals surface area contributed by atoms with Crippen molar-refractivity contribution in [2.24, 2.45) is 0 Å². The Kier molecular flexibility index (Phi) is 10.4. The van der Waals surface area contributed by atoms with Crippen LogP contribution in [0.1, 0.15) is 45.4 Å². The molecule has 0 aliphatic rings. The van der Waals surface area contributed by atoms with Gasteiger partial charge >= 0.3 is 6.03 Å². The van der Waals surface area contributed by atoms with Gasteiger partial charge in [0, 0.05) is 18.1 Å². The molecule has 1 unspecified atom stereocenters. The van der Waals surface area contributed by atoms with E-state index >= 15 is 0 Å². The Morgan fingerprint density at radius 3 is 2.29 bits per heavy atom. The molecule has 158 valence electrons. The van der Waals surface area contributed by atoms with Gasteiger partial charge in [0.15, 0.2) is 0 Å². The third-order valence-corrected chi connectivity index (χ3v) is 4.15. The Hall–Kier alpha value is -2.28. The van der Waals surface area contributed by atoms with Gasteiger partial charge in [-0.2, -0.15) is 0 Å². The van der Waals surface area contributed by atoms with Gasteiger partial charge < -0.3 is 29.8 Å². The number of nitrogens with zero attached hydrogens (tertiary/aromatic N) is 1. The Balaban J connectivity index is 2.44. The van der Waals surface area contributed by atoms with Gasteiger partial charge in [-0.05, 0) is 30.7 Å². The smallest absolute Gasteiger partial charge is 0.319 e. The average molecular weight is 394 g/mol. The number of unbranched alkanes of at least 4 members (excludes halogenated alkanes) is 4. The van der Waals surface area contributed by atoms with E-state index in [0.29, 0.717) is 23.3 Å². The van der Waals surface area contributed by atoms with E-state index in [2.05, 4.69) is 17.6 Å². The van der Waals surface area contributed by atoms with Gasteiger partial charge in [-0.15, -0.1) is 0 Å². The van der Waals surface area contributed by atoms with Crippen LogP contribution in [0, 0.1) is 0 Å². The molecule has 0 heterocycles. The van der Waals surface area contributed by atoms with Crippen LogP contribution in [0.5, 0.6) is 5.75 Å². The van der Waals surface area contributed by atoms with Crippen LogP contribution in [-0.2, 0) is 4.79 Å². The summed E-state index contributed by atoms with van der Waals surface area (Å²) in [6.45, 7) is 3.36. The maximum atomic E-state index is 12.2. The summed E-state index contributed by atoms with van der Waals surface area (Å²) in [7, 11) is 5.80. The maximum absolute atomic E-state index is 12.2. The van der Waals surface area contributed by atoms with Crippen LogP contribution >= 0.6 is 0 Å². The number of quaternary nitrogens is 1. The number of rotatable bonds is 13. The highest BCUT2D eigenvalue weighted by atomic mass is 16.5. The number of benzene rings is 1. The molecule has 1 aromatic carbocycles. The Morgan fingerprint density at radius 1 is 1.07 bits per heavy atom. The molecule has 0 fully saturated rings. The van der Waals surface area contributed by atoms with Crippen LogP contribution in [0.3, 0.4) is 0 Å². The van der Waals surface area contributed by atoms with Gasteiger partial charge in [-0.25, -0.2) is 4.79 Å². The molecule has 0 aliphatic carbocycles. The number of likely N-dealkylation sites (N-methyl/N-ethyl adjacent to an activating group) is 1. The van der Waals surface area contributed by atoms with Gasteiger partial charge in [-0.1, -0.05) is 32.6 Å². The number of hydrogen-bond donors (Lipinski definition) is 2. The van der Waals surface area contributed by atoms with Crippen molar-refractivity contribution in [2.45, 2.75) is 51.5 Å². The second-order valence-corrected chi connectivity index (χ2v) is 8.13. The van der Waals surface area contributed by atoms with Crippen LogP contribution in [0.15, 0.2) is 24.3 Å². The van der Waals surface area contributed by atoms with Gasteiger partial charge in [0.25, 0.3) is 0 Å². The molecule has 7 heteroatoms. The topological polar surface area (TPSA) is 90.5 Å². The quantitative estimate of drug-likeness (QED) is 0.398. The molecule has 1 aromatic rings. The van der Waals surface area contributed by atoms with Crippen molar-refractivity contribution in [3.05, 3.63) is 24.3 Å². The number of carboxylic acid groups (broad SMARTS) is 1. The van der Waals surface area contributed by atoms with Crippen molar-refractivity contribution in [1.29, 1.82) is 0 Å². The molecule has 2 N–H and O–H groups in total. The minimum absolute atomic E-state index is 0.228. The summed E-state index contributed by atoms with van der Waals surface area (Å²) in [5.74, 6) is -0.420. The molecule has 1 atom stereocenters. The fraction of sp³-hybridized carbons (Fsp3) is 0.619. The monoisotopic (exact) mass is 393 g/mol. The fourth-order valence-electron chi connectivity index (χ4n) is 2.91. The molecule has 0 spiro atoms. The van der Waals surface area contributed by atoms with Gasteiger partial charge in [-0.3, -0.25) is 0 Å². The Morgan fingerprint density at radius 2 is 1.71 bits per heavy atom. The molecule has 0 saturated heterocycles. The number of carboxylic acids is 1. The molecule has 0 bridgehead atoms. The molecule has 7 nitrogen and oxygen atoms in total. The summed E-state index contributed by atoms with van der Waals surface area (Å²) in [4.78, 5) is 23.1. The maximum Gasteiger partial charge on any atom is 0.319 e. The van der Waals surface area contributed by atoms with Gasteiger partial charge in [0.05, 0.1) is 40.3 Å². The number of ether oxygens (including phenoxy) is 1. The Bertz CT molecular complexity index is 597. The molecule has 1 rings (SSSR count). The zero-order valence-electron chi connectivity index (χ0n) is 17.6. The molecule has 28 heavy (non-hydrogen) atoms. The number of hydrogen-bond acceptors (Lipinski definition) is 4. The van der Waals surface area contributed by atoms with E-state index in [1.54, 1.807) is 12.1 Å². The normalized spacial score (nSPS) is 12.3. The first-order chi connectivity index (χ1) is 13.2. The predicted molar refractivity (Wildman–Crippen MR) is 109 cm³/mol. The minimum Gasteiger partial charge on any atom is -0.550 e. The van der Waals surface area contributed by atoms with Crippen LogP contribution in [0.2, 0.25) is 0 Å². The third-order valence-electron chi connectivity index (χ3n) is 4.15. The molecule has 0 radical (unpaired) electrons. The largest absolute Gasteiger partial charge is 0.550 e. The van der Waals surface area contributed by atoms with Crippen molar-refractivity contribution in [2.75, 3.05) is 39.6 Å². The number of amides is 2. The van der Waals surface area contributed by atoms with E-state index in [4.69, 9.17) is 4.74 Å². The summed E-state index contributed by atoms with van der Waals surface area (Å²) in [6.07, 6.45) is 5.72. The predicted octanol–water partition coefficient (Wildman–Crippen LogP) is 2.37. The number of carbonyl (C=O) groups excluding carboxylic acids is 2. The summed E-state index contributed by atoms with van der Waals surface area (Å²) in [6, 6.07) is 6.20. The standard InChI is InChI=1S/C21H35N3O4/c1-5-6-7-8-9-14-28-19-12-10-17(11-13-19)22-21(27)23-18(15-20(25)26)16-24(2,3)4/h10-13,18H,5-9,14-16H2,1-4H3,(H2-,22,23,25,26,27). The number of anilines is 1. The number of carbonyl (C=O) groups is 2. The summed E-state index contributed by atoms with van der Waals surface area (Å²) in [5, 5.41) is 16.4. The van der Waals surface area contributed by atoms with Crippen molar-refractivity contribution >= 4 is 17.7 Å². The Labute approximate surface area is 168 Å². The first-order valence-corrected chi connectivity index (χ1v) is 10.0. The molecule has 2 amide bonds. The average Bonchev–Trinajstić information content (AvgIpc) is 2.57. The van der Waals surface area contributed by atoms with Crippen molar-refractivity contribution in [1.82, 2.24) is 5.32 Å². The first kappa shape index (κ1) is 23.8. The lowest BCUT2D eigenvalue weighted by Crippen LogP contribution is -2.51. The SMILES string of the molecule is CCCCCCCOc1ccc(NC(=O)NC(CC(=O)[O-])C[N+](C)(C)C)cc1. The summed E-state index contributed by atoms with van der Waals surface area (Å²) >= 11 is 0. The van der Waals surface area contributed by atoms with E-state index in [1.165, 1.54) is 25.7 Å². The van der Waals surface area contributed by atoms with Crippen molar-refractivity contribution in [3.63, 3.8) is 0 Å². The molecule has 0 aromatic heterocycles. The number of nitrogens with one attached hydrogen (secondary N) is 2. The van der Waals surface area contributed by atoms with Crippen molar-refractivity contribution in [3.8, 4) is 5.75 Å². The second-order valence-electron chi connectivity index (χ2n) is 8.13. The minimum atomic E-state index is -1.19.